The molecule has 0 bridgehead atoms. The van der Waals surface area contributed by atoms with E-state index < -0.39 is 0 Å². The molecule has 0 unspecified atom stereocenters. The van der Waals surface area contributed by atoms with E-state index in [0.717, 1.165) is 28.3 Å². The molecule has 0 saturated carbocycles. The maximum Gasteiger partial charge on any atom is 0.0541 e. The molecule has 67 heavy (non-hydrogen) atoms. The van der Waals surface area contributed by atoms with Gasteiger partial charge in [-0.25, -0.2) is 0 Å². The van der Waals surface area contributed by atoms with E-state index in [4.69, 9.17) is 0 Å². The highest BCUT2D eigenvalue weighted by atomic mass is 32.1. The molecule has 0 fully saturated rings. The second-order valence-electron chi connectivity index (χ2n) is 17.2. The average Bonchev–Trinajstić information content (AvgIpc) is 3.95. The Balaban J connectivity index is 0.915. The largest absolute Gasteiger partial charge is 0.310 e. The molecular formula is C64H42N2S. The summed E-state index contributed by atoms with van der Waals surface area (Å²) in [5, 5.41) is 7.63. The molecule has 314 valence electrons. The molecule has 3 heteroatoms. The smallest absolute Gasteiger partial charge is 0.0541 e. The van der Waals surface area contributed by atoms with E-state index in [1.54, 1.807) is 0 Å². The summed E-state index contributed by atoms with van der Waals surface area (Å²) >= 11 is 1.86. The number of benzene rings is 11. The summed E-state index contributed by atoms with van der Waals surface area (Å²) in [7, 11) is 0. The number of fused-ring (bicyclic) bond motifs is 7. The van der Waals surface area contributed by atoms with Gasteiger partial charge in [0.2, 0.25) is 0 Å². The van der Waals surface area contributed by atoms with Gasteiger partial charge < -0.3 is 9.47 Å². The van der Waals surface area contributed by atoms with Crippen LogP contribution in [0.2, 0.25) is 0 Å². The van der Waals surface area contributed by atoms with Crippen molar-refractivity contribution in [2.75, 3.05) is 4.90 Å². The lowest BCUT2D eigenvalue weighted by Crippen LogP contribution is -2.11. The standard InChI is InChI=1S/C64H42N2S/c1-2-16-51-45(14-1)15-13-22-52(51)46-30-28-43(29-31-46)44-32-37-49(38-33-44)65(59-23-8-4-18-54(59)48-36-41-64-58(42-48)57-21-7-12-27-63(57)67-64)50-39-34-47(35-40-50)53-17-3-9-24-60(53)66-61-25-10-5-19-55(61)56-20-6-11-26-62(56)66/h1-42H. The molecule has 0 N–H and O–H groups in total. The summed E-state index contributed by atoms with van der Waals surface area (Å²) in [4.78, 5) is 2.42. The molecular weight excluding hydrogens is 829 g/mol. The van der Waals surface area contributed by atoms with Crippen LogP contribution in [-0.4, -0.2) is 4.57 Å². The summed E-state index contributed by atoms with van der Waals surface area (Å²) in [5.74, 6) is 0. The van der Waals surface area contributed by atoms with Crippen LogP contribution in [0.15, 0.2) is 255 Å². The molecule has 0 aliphatic heterocycles. The van der Waals surface area contributed by atoms with E-state index in [1.165, 1.54) is 91.7 Å². The normalized spacial score (nSPS) is 11.6. The minimum Gasteiger partial charge on any atom is -0.310 e. The first kappa shape index (κ1) is 38.9. The van der Waals surface area contributed by atoms with Crippen molar-refractivity contribution in [3.63, 3.8) is 0 Å². The number of anilines is 3. The van der Waals surface area contributed by atoms with Gasteiger partial charge in [0.25, 0.3) is 0 Å². The first-order valence-electron chi connectivity index (χ1n) is 22.9. The van der Waals surface area contributed by atoms with E-state index in [2.05, 4.69) is 264 Å². The van der Waals surface area contributed by atoms with E-state index in [9.17, 15) is 0 Å². The summed E-state index contributed by atoms with van der Waals surface area (Å²) < 4.78 is 5.03. The fraction of sp³-hybridized carbons (Fsp3) is 0. The highest BCUT2D eigenvalue weighted by Gasteiger charge is 2.20. The van der Waals surface area contributed by atoms with E-state index >= 15 is 0 Å². The van der Waals surface area contributed by atoms with Crippen LogP contribution in [0.4, 0.5) is 17.1 Å². The molecule has 13 aromatic rings. The van der Waals surface area contributed by atoms with Crippen LogP contribution < -0.4 is 4.90 Å². The molecule has 11 aromatic carbocycles. The van der Waals surface area contributed by atoms with Crippen molar-refractivity contribution >= 4 is 81.1 Å². The van der Waals surface area contributed by atoms with Crippen LogP contribution >= 0.6 is 11.3 Å². The zero-order valence-electron chi connectivity index (χ0n) is 36.6. The van der Waals surface area contributed by atoms with Crippen molar-refractivity contribution in [1.29, 1.82) is 0 Å². The Labute approximate surface area is 393 Å². The van der Waals surface area contributed by atoms with Crippen LogP contribution in [0.5, 0.6) is 0 Å². The fourth-order valence-electron chi connectivity index (χ4n) is 10.2. The number of hydrogen-bond acceptors (Lipinski definition) is 2. The monoisotopic (exact) mass is 870 g/mol. The van der Waals surface area contributed by atoms with Crippen LogP contribution in [0, 0.1) is 0 Å². The summed E-state index contributed by atoms with van der Waals surface area (Å²) in [6.45, 7) is 0. The maximum absolute atomic E-state index is 2.42. The van der Waals surface area contributed by atoms with Crippen molar-refractivity contribution in [1.82, 2.24) is 4.57 Å². The number of para-hydroxylation sites is 4. The summed E-state index contributed by atoms with van der Waals surface area (Å²) in [6, 6.07) is 93.2. The van der Waals surface area contributed by atoms with E-state index in [-0.39, 0.29) is 0 Å². The Morgan fingerprint density at radius 3 is 1.51 bits per heavy atom. The van der Waals surface area contributed by atoms with Gasteiger partial charge in [0.05, 0.1) is 22.4 Å². The minimum atomic E-state index is 1.08. The van der Waals surface area contributed by atoms with Crippen molar-refractivity contribution in [3.8, 4) is 50.2 Å². The number of aromatic nitrogens is 1. The lowest BCUT2D eigenvalue weighted by Gasteiger charge is -2.28. The first-order chi connectivity index (χ1) is 33.2. The molecule has 0 spiro atoms. The zero-order valence-corrected chi connectivity index (χ0v) is 37.4. The fourth-order valence-corrected chi connectivity index (χ4v) is 11.3. The average molecular weight is 871 g/mol. The predicted octanol–water partition coefficient (Wildman–Crippen LogP) is 18.4. The Bertz CT molecular complexity index is 3910. The van der Waals surface area contributed by atoms with Gasteiger partial charge in [0, 0.05) is 53.4 Å². The Hall–Kier alpha value is -8.50. The number of nitrogens with zero attached hydrogens (tertiary/aromatic N) is 2. The van der Waals surface area contributed by atoms with Crippen molar-refractivity contribution in [3.05, 3.63) is 255 Å². The van der Waals surface area contributed by atoms with Crippen LogP contribution in [0.3, 0.4) is 0 Å². The molecule has 0 radical (unpaired) electrons. The number of rotatable bonds is 8. The van der Waals surface area contributed by atoms with Crippen molar-refractivity contribution < 1.29 is 0 Å². The van der Waals surface area contributed by atoms with Crippen LogP contribution in [0.25, 0.3) is 103 Å². The Morgan fingerprint density at radius 1 is 0.299 bits per heavy atom. The molecule has 0 aliphatic rings. The summed E-state index contributed by atoms with van der Waals surface area (Å²) in [6.07, 6.45) is 0. The van der Waals surface area contributed by atoms with Gasteiger partial charge in [-0.3, -0.25) is 0 Å². The first-order valence-corrected chi connectivity index (χ1v) is 23.7. The Kier molecular flexibility index (Phi) is 9.40. The van der Waals surface area contributed by atoms with E-state index in [0.29, 0.717) is 0 Å². The van der Waals surface area contributed by atoms with Gasteiger partial charge in [-0.05, 0) is 111 Å². The third-order valence-corrected chi connectivity index (χ3v) is 14.6. The topological polar surface area (TPSA) is 8.17 Å². The second-order valence-corrected chi connectivity index (χ2v) is 18.3. The van der Waals surface area contributed by atoms with Gasteiger partial charge in [0.15, 0.2) is 0 Å². The number of thiophene rings is 1. The zero-order chi connectivity index (χ0) is 44.3. The minimum absolute atomic E-state index is 1.08. The highest BCUT2D eigenvalue weighted by molar-refractivity contribution is 7.25. The molecule has 0 atom stereocenters. The molecule has 2 heterocycles. The van der Waals surface area contributed by atoms with Gasteiger partial charge >= 0.3 is 0 Å². The lowest BCUT2D eigenvalue weighted by molar-refractivity contribution is 1.18. The van der Waals surface area contributed by atoms with Gasteiger partial charge in [-0.1, -0.05) is 188 Å². The molecule has 2 nitrogen and oxygen atoms in total. The van der Waals surface area contributed by atoms with Gasteiger partial charge in [0.1, 0.15) is 0 Å². The SMILES string of the molecule is c1ccc(N(c2ccc(-c3ccc(-c4cccc5ccccc45)cc3)cc2)c2ccc(-c3ccccc3-n3c4ccccc4c4ccccc43)cc2)c(-c2ccc3sc4ccccc4c3c2)c1. The van der Waals surface area contributed by atoms with Crippen molar-refractivity contribution in [2.24, 2.45) is 0 Å². The molecule has 0 amide bonds. The molecule has 0 saturated heterocycles. The lowest BCUT2D eigenvalue weighted by atomic mass is 9.96. The highest BCUT2D eigenvalue weighted by Crippen LogP contribution is 2.45. The second kappa shape index (κ2) is 16.2. The predicted molar refractivity (Wildman–Crippen MR) is 288 cm³/mol. The molecule has 0 aliphatic carbocycles. The molecule has 13 rings (SSSR count). The third kappa shape index (κ3) is 6.71. The van der Waals surface area contributed by atoms with Gasteiger partial charge in [-0.2, -0.15) is 0 Å². The van der Waals surface area contributed by atoms with Crippen LogP contribution in [0.1, 0.15) is 0 Å². The maximum atomic E-state index is 2.42. The quantitative estimate of drug-likeness (QED) is 0.148. The van der Waals surface area contributed by atoms with Crippen LogP contribution in [-0.2, 0) is 0 Å². The molecule has 2 aromatic heterocycles. The van der Waals surface area contributed by atoms with Crippen molar-refractivity contribution in [2.45, 2.75) is 0 Å². The third-order valence-electron chi connectivity index (χ3n) is 13.4. The number of hydrogen-bond donors (Lipinski definition) is 0. The van der Waals surface area contributed by atoms with Gasteiger partial charge in [-0.15, -0.1) is 11.3 Å². The van der Waals surface area contributed by atoms with E-state index in [1.807, 2.05) is 11.3 Å². The Morgan fingerprint density at radius 2 is 0.776 bits per heavy atom. The summed E-state index contributed by atoms with van der Waals surface area (Å²) in [5.41, 5.74) is 16.4.